The molecule has 3 unspecified atom stereocenters. The van der Waals surface area contributed by atoms with Gasteiger partial charge in [0, 0.05) is 18.4 Å². The summed E-state index contributed by atoms with van der Waals surface area (Å²) in [5, 5.41) is 3.14. The quantitative estimate of drug-likeness (QED) is 0.791. The third kappa shape index (κ3) is 3.80. The molecule has 5 heteroatoms. The molecule has 1 fully saturated rings. The van der Waals surface area contributed by atoms with Gasteiger partial charge in [-0.25, -0.2) is 10.9 Å². The van der Waals surface area contributed by atoms with Crippen LogP contribution >= 0.6 is 0 Å². The number of pyridine rings is 1. The van der Waals surface area contributed by atoms with Crippen LogP contribution in [-0.2, 0) is 4.79 Å². The topological polar surface area (TPSA) is 66.1 Å². The molecule has 0 bridgehead atoms. The van der Waals surface area contributed by atoms with Crippen LogP contribution in [0, 0.1) is 6.92 Å². The second-order valence-electron chi connectivity index (χ2n) is 6.29. The molecule has 1 amide bonds. The number of amides is 1. The lowest BCUT2D eigenvalue weighted by atomic mass is 10.00. The van der Waals surface area contributed by atoms with E-state index in [0.717, 1.165) is 18.4 Å². The van der Waals surface area contributed by atoms with E-state index >= 15 is 0 Å². The normalized spacial score (nSPS) is 21.4. The lowest BCUT2D eigenvalue weighted by Crippen LogP contribution is -2.44. The van der Waals surface area contributed by atoms with Crippen LogP contribution in [-0.4, -0.2) is 16.9 Å². The van der Waals surface area contributed by atoms with Gasteiger partial charge in [-0.1, -0.05) is 36.8 Å². The highest BCUT2D eigenvalue weighted by Gasteiger charge is 2.31. The first-order chi connectivity index (χ1) is 11.7. The number of carbonyl (C=O) groups excluding carboxylic acids is 1. The predicted molar refractivity (Wildman–Crippen MR) is 94.0 cm³/mol. The molecule has 5 nitrogen and oxygen atoms in total. The first kappa shape index (κ1) is 16.6. The molecule has 126 valence electrons. The third-order valence-electron chi connectivity index (χ3n) is 4.53. The first-order valence-electron chi connectivity index (χ1n) is 8.45. The predicted octanol–water partition coefficient (Wildman–Crippen LogP) is 2.57. The minimum atomic E-state index is -0.229. The van der Waals surface area contributed by atoms with Gasteiger partial charge in [0.05, 0.1) is 6.04 Å². The molecular formula is C19H24N4O. The molecule has 1 aromatic carbocycles. The van der Waals surface area contributed by atoms with Crippen molar-refractivity contribution in [3.8, 4) is 0 Å². The average Bonchev–Trinajstić information content (AvgIpc) is 3.11. The Morgan fingerprint density at radius 3 is 2.58 bits per heavy atom. The molecule has 3 rings (SSSR count). The number of benzene rings is 1. The van der Waals surface area contributed by atoms with Crippen molar-refractivity contribution < 1.29 is 4.79 Å². The maximum atomic E-state index is 12.6. The molecule has 1 aromatic heterocycles. The van der Waals surface area contributed by atoms with Crippen molar-refractivity contribution in [3.05, 3.63) is 65.5 Å². The van der Waals surface area contributed by atoms with E-state index in [0.29, 0.717) is 0 Å². The molecule has 0 radical (unpaired) electrons. The van der Waals surface area contributed by atoms with E-state index in [1.165, 1.54) is 11.1 Å². The van der Waals surface area contributed by atoms with Crippen LogP contribution in [0.15, 0.2) is 48.8 Å². The van der Waals surface area contributed by atoms with E-state index in [-0.39, 0.29) is 24.0 Å². The standard InChI is InChI=1S/C19H24N4O/c1-3-16(15-8-10-20-11-9-15)21-19(24)18-12-17(22-23-18)14-6-4-13(2)5-7-14/h4-11,16-18,22-23H,3,12H2,1-2H3,(H,21,24). The fourth-order valence-electron chi connectivity index (χ4n) is 3.03. The van der Waals surface area contributed by atoms with E-state index in [9.17, 15) is 4.79 Å². The molecular weight excluding hydrogens is 300 g/mol. The summed E-state index contributed by atoms with van der Waals surface area (Å²) in [5.74, 6) is 0.0285. The van der Waals surface area contributed by atoms with Crippen molar-refractivity contribution in [2.24, 2.45) is 0 Å². The molecule has 3 atom stereocenters. The number of aromatic nitrogens is 1. The van der Waals surface area contributed by atoms with Crippen LogP contribution < -0.4 is 16.2 Å². The SMILES string of the molecule is CCC(NC(=O)C1CC(c2ccc(C)cc2)NN1)c1ccncc1. The van der Waals surface area contributed by atoms with E-state index in [1.54, 1.807) is 12.4 Å². The van der Waals surface area contributed by atoms with Crippen molar-refractivity contribution >= 4 is 5.91 Å². The van der Waals surface area contributed by atoms with Crippen LogP contribution in [0.2, 0.25) is 0 Å². The summed E-state index contributed by atoms with van der Waals surface area (Å²) in [7, 11) is 0. The summed E-state index contributed by atoms with van der Waals surface area (Å²) in [5.41, 5.74) is 9.88. The van der Waals surface area contributed by atoms with E-state index in [1.807, 2.05) is 12.1 Å². The van der Waals surface area contributed by atoms with E-state index < -0.39 is 0 Å². The van der Waals surface area contributed by atoms with Crippen LogP contribution in [0.4, 0.5) is 0 Å². The fraction of sp³-hybridized carbons (Fsp3) is 0.368. The lowest BCUT2D eigenvalue weighted by Gasteiger charge is -2.19. The molecule has 0 saturated carbocycles. The zero-order valence-corrected chi connectivity index (χ0v) is 14.1. The zero-order chi connectivity index (χ0) is 16.9. The molecule has 2 heterocycles. The van der Waals surface area contributed by atoms with Crippen LogP contribution in [0.5, 0.6) is 0 Å². The molecule has 0 aliphatic carbocycles. The van der Waals surface area contributed by atoms with Gasteiger partial charge in [-0.05, 0) is 43.0 Å². The van der Waals surface area contributed by atoms with Crippen molar-refractivity contribution in [2.75, 3.05) is 0 Å². The summed E-state index contributed by atoms with van der Waals surface area (Å²) >= 11 is 0. The lowest BCUT2D eigenvalue weighted by molar-refractivity contribution is -0.123. The number of carbonyl (C=O) groups is 1. The summed E-state index contributed by atoms with van der Waals surface area (Å²) in [4.78, 5) is 16.6. The van der Waals surface area contributed by atoms with Gasteiger partial charge in [-0.15, -0.1) is 0 Å². The molecule has 1 aliphatic rings. The highest BCUT2D eigenvalue weighted by Crippen LogP contribution is 2.23. The Labute approximate surface area is 142 Å². The smallest absolute Gasteiger partial charge is 0.239 e. The Kier molecular flexibility index (Phi) is 5.23. The number of hydrogen-bond acceptors (Lipinski definition) is 4. The molecule has 24 heavy (non-hydrogen) atoms. The van der Waals surface area contributed by atoms with Gasteiger partial charge in [0.15, 0.2) is 0 Å². The second kappa shape index (κ2) is 7.55. The van der Waals surface area contributed by atoms with Gasteiger partial charge < -0.3 is 5.32 Å². The number of aryl methyl sites for hydroxylation is 1. The molecule has 2 aromatic rings. The Bertz CT molecular complexity index is 672. The number of hydrazine groups is 1. The summed E-state index contributed by atoms with van der Waals surface area (Å²) in [6.07, 6.45) is 5.10. The van der Waals surface area contributed by atoms with E-state index in [2.05, 4.69) is 59.3 Å². The average molecular weight is 324 g/mol. The molecule has 3 N–H and O–H groups in total. The van der Waals surface area contributed by atoms with Crippen molar-refractivity contribution in [3.63, 3.8) is 0 Å². The molecule has 0 spiro atoms. The number of nitrogens with zero attached hydrogens (tertiary/aromatic N) is 1. The second-order valence-corrected chi connectivity index (χ2v) is 6.29. The maximum absolute atomic E-state index is 12.6. The Balaban J connectivity index is 1.61. The summed E-state index contributed by atoms with van der Waals surface area (Å²) < 4.78 is 0. The largest absolute Gasteiger partial charge is 0.348 e. The minimum Gasteiger partial charge on any atom is -0.348 e. The van der Waals surface area contributed by atoms with Crippen molar-refractivity contribution in [2.45, 2.75) is 44.8 Å². The van der Waals surface area contributed by atoms with Gasteiger partial charge in [-0.2, -0.15) is 0 Å². The Hall–Kier alpha value is -2.24. The van der Waals surface area contributed by atoms with Gasteiger partial charge in [0.25, 0.3) is 0 Å². The Morgan fingerprint density at radius 1 is 1.21 bits per heavy atom. The van der Waals surface area contributed by atoms with E-state index in [4.69, 9.17) is 0 Å². The highest BCUT2D eigenvalue weighted by atomic mass is 16.2. The molecule has 1 saturated heterocycles. The van der Waals surface area contributed by atoms with Crippen molar-refractivity contribution in [1.82, 2.24) is 21.2 Å². The summed E-state index contributed by atoms with van der Waals surface area (Å²) in [6.45, 7) is 4.14. The summed E-state index contributed by atoms with van der Waals surface area (Å²) in [6, 6.07) is 12.3. The minimum absolute atomic E-state index is 0.0146. The van der Waals surface area contributed by atoms with Gasteiger partial charge in [0.1, 0.15) is 6.04 Å². The van der Waals surface area contributed by atoms with Crippen molar-refractivity contribution in [1.29, 1.82) is 0 Å². The fourth-order valence-corrected chi connectivity index (χ4v) is 3.03. The Morgan fingerprint density at radius 2 is 1.92 bits per heavy atom. The van der Waals surface area contributed by atoms with Gasteiger partial charge in [0.2, 0.25) is 5.91 Å². The van der Waals surface area contributed by atoms with Crippen LogP contribution in [0.1, 0.15) is 48.5 Å². The zero-order valence-electron chi connectivity index (χ0n) is 14.1. The highest BCUT2D eigenvalue weighted by molar-refractivity contribution is 5.82. The van der Waals surface area contributed by atoms with Crippen LogP contribution in [0.25, 0.3) is 0 Å². The number of rotatable bonds is 5. The third-order valence-corrected chi connectivity index (χ3v) is 4.53. The number of nitrogens with one attached hydrogen (secondary N) is 3. The maximum Gasteiger partial charge on any atom is 0.239 e. The molecule has 1 aliphatic heterocycles. The monoisotopic (exact) mass is 324 g/mol. The first-order valence-corrected chi connectivity index (χ1v) is 8.45. The number of hydrogen-bond donors (Lipinski definition) is 3. The van der Waals surface area contributed by atoms with Gasteiger partial charge in [-0.3, -0.25) is 9.78 Å². The van der Waals surface area contributed by atoms with Gasteiger partial charge >= 0.3 is 0 Å². The van der Waals surface area contributed by atoms with Crippen LogP contribution in [0.3, 0.4) is 0 Å².